The van der Waals surface area contributed by atoms with Gasteiger partial charge in [-0.25, -0.2) is 0 Å². The number of anilines is 1. The van der Waals surface area contributed by atoms with E-state index in [2.05, 4.69) is 13.8 Å². The SMILES string of the molecule is COc1ccc(OC)c([C@H]2CCC[NH+]2CN2C(=O)C(=O)c3cc(C(C)C)ccc32)c1. The van der Waals surface area contributed by atoms with Crippen LogP contribution in [0.15, 0.2) is 36.4 Å². The Morgan fingerprint density at radius 3 is 2.60 bits per heavy atom. The number of rotatable bonds is 6. The minimum Gasteiger partial charge on any atom is -0.497 e. The molecule has 6 heteroatoms. The van der Waals surface area contributed by atoms with Gasteiger partial charge in [0.2, 0.25) is 0 Å². The highest BCUT2D eigenvalue weighted by Gasteiger charge is 2.41. The maximum absolute atomic E-state index is 12.8. The predicted octanol–water partition coefficient (Wildman–Crippen LogP) is 2.73. The fraction of sp³-hybridized carbons (Fsp3) is 0.417. The standard InChI is InChI=1S/C24H28N2O4/c1-15(2)16-7-9-21-19(12-16)23(27)24(28)26(21)14-25-11-5-6-20(25)18-13-17(29-3)8-10-22(18)30-4/h7-10,12-13,15,20H,5-6,11,14H2,1-4H3/p+1/t20-/m1/s1. The Balaban J connectivity index is 1.64. The Morgan fingerprint density at radius 1 is 1.10 bits per heavy atom. The first-order valence-electron chi connectivity index (χ1n) is 10.5. The van der Waals surface area contributed by atoms with Crippen molar-refractivity contribution in [2.75, 3.05) is 32.3 Å². The van der Waals surface area contributed by atoms with Crippen LogP contribution in [0.25, 0.3) is 0 Å². The molecule has 4 rings (SSSR count). The van der Waals surface area contributed by atoms with Gasteiger partial charge < -0.3 is 14.4 Å². The van der Waals surface area contributed by atoms with Crippen molar-refractivity contribution >= 4 is 17.4 Å². The van der Waals surface area contributed by atoms with Crippen LogP contribution in [0.4, 0.5) is 5.69 Å². The number of carbonyl (C=O) groups excluding carboxylic acids is 2. The van der Waals surface area contributed by atoms with Crippen molar-refractivity contribution in [3.63, 3.8) is 0 Å². The van der Waals surface area contributed by atoms with Gasteiger partial charge in [0, 0.05) is 12.8 Å². The summed E-state index contributed by atoms with van der Waals surface area (Å²) in [6.45, 7) is 5.56. The number of fused-ring (bicyclic) bond motifs is 1. The maximum atomic E-state index is 12.8. The highest BCUT2D eigenvalue weighted by Crippen LogP contribution is 2.34. The van der Waals surface area contributed by atoms with E-state index in [9.17, 15) is 9.59 Å². The molecule has 2 aliphatic heterocycles. The van der Waals surface area contributed by atoms with Crippen LogP contribution < -0.4 is 19.3 Å². The number of nitrogens with one attached hydrogen (secondary N) is 1. The number of quaternary nitrogens is 1. The summed E-state index contributed by atoms with van der Waals surface area (Å²) in [5.41, 5.74) is 3.41. The van der Waals surface area contributed by atoms with E-state index in [0.29, 0.717) is 18.2 Å². The van der Waals surface area contributed by atoms with Crippen molar-refractivity contribution in [1.82, 2.24) is 0 Å². The quantitative estimate of drug-likeness (QED) is 0.746. The van der Waals surface area contributed by atoms with E-state index in [1.54, 1.807) is 19.1 Å². The molecule has 2 aromatic rings. The van der Waals surface area contributed by atoms with Gasteiger partial charge in [0.1, 0.15) is 17.5 Å². The normalized spacial score (nSPS) is 20.8. The Bertz CT molecular complexity index is 985. The lowest BCUT2D eigenvalue weighted by molar-refractivity contribution is -0.917. The monoisotopic (exact) mass is 409 g/mol. The number of hydrogen-bond donors (Lipinski definition) is 1. The van der Waals surface area contributed by atoms with Crippen LogP contribution in [-0.2, 0) is 4.79 Å². The summed E-state index contributed by atoms with van der Waals surface area (Å²) in [6, 6.07) is 11.8. The topological polar surface area (TPSA) is 60.3 Å². The smallest absolute Gasteiger partial charge is 0.303 e. The van der Waals surface area contributed by atoms with Crippen molar-refractivity contribution in [3.05, 3.63) is 53.1 Å². The molecule has 0 aliphatic carbocycles. The maximum Gasteiger partial charge on any atom is 0.303 e. The molecule has 2 heterocycles. The molecule has 30 heavy (non-hydrogen) atoms. The van der Waals surface area contributed by atoms with Crippen LogP contribution in [-0.4, -0.2) is 39.1 Å². The summed E-state index contributed by atoms with van der Waals surface area (Å²) in [7, 11) is 3.33. The van der Waals surface area contributed by atoms with E-state index in [-0.39, 0.29) is 6.04 Å². The molecule has 0 aromatic heterocycles. The van der Waals surface area contributed by atoms with Crippen molar-refractivity contribution < 1.29 is 24.0 Å². The van der Waals surface area contributed by atoms with E-state index < -0.39 is 11.7 Å². The molecule has 2 atom stereocenters. The summed E-state index contributed by atoms with van der Waals surface area (Å²) in [4.78, 5) is 28.4. The Hall–Kier alpha value is -2.86. The van der Waals surface area contributed by atoms with Gasteiger partial charge in [-0.2, -0.15) is 0 Å². The first-order chi connectivity index (χ1) is 14.4. The zero-order chi connectivity index (χ0) is 21.4. The summed E-state index contributed by atoms with van der Waals surface area (Å²) in [6.07, 6.45) is 2.05. The lowest BCUT2D eigenvalue weighted by Crippen LogP contribution is -3.12. The average molecular weight is 410 g/mol. The Kier molecular flexibility index (Phi) is 5.52. The predicted molar refractivity (Wildman–Crippen MR) is 115 cm³/mol. The molecular weight excluding hydrogens is 380 g/mol. The molecule has 0 bridgehead atoms. The summed E-state index contributed by atoms with van der Waals surface area (Å²) in [5, 5.41) is 0. The molecular formula is C24H29N2O4+. The van der Waals surface area contributed by atoms with Gasteiger partial charge >= 0.3 is 5.91 Å². The second-order valence-electron chi connectivity index (χ2n) is 8.36. The number of likely N-dealkylation sites (tertiary alicyclic amines) is 1. The molecule has 0 saturated carbocycles. The third kappa shape index (κ3) is 3.45. The first-order valence-corrected chi connectivity index (χ1v) is 10.5. The van der Waals surface area contributed by atoms with Crippen molar-refractivity contribution in [2.45, 2.75) is 38.6 Å². The molecule has 1 N–H and O–H groups in total. The molecule has 158 valence electrons. The fourth-order valence-corrected chi connectivity index (χ4v) is 4.63. The number of methoxy groups -OCH3 is 2. The molecule has 0 radical (unpaired) electrons. The van der Waals surface area contributed by atoms with E-state index in [4.69, 9.17) is 9.47 Å². The lowest BCUT2D eigenvalue weighted by Gasteiger charge is -2.27. The van der Waals surface area contributed by atoms with Crippen molar-refractivity contribution in [1.29, 1.82) is 0 Å². The molecule has 1 amide bonds. The number of ether oxygens (including phenoxy) is 2. The van der Waals surface area contributed by atoms with Gasteiger partial charge in [-0.15, -0.1) is 0 Å². The summed E-state index contributed by atoms with van der Waals surface area (Å²) in [5.74, 6) is 1.09. The highest BCUT2D eigenvalue weighted by molar-refractivity contribution is 6.52. The molecule has 1 unspecified atom stereocenters. The average Bonchev–Trinajstić information content (AvgIpc) is 3.31. The minimum atomic E-state index is -0.429. The van der Waals surface area contributed by atoms with Gasteiger partial charge in [0.15, 0.2) is 6.67 Å². The third-order valence-corrected chi connectivity index (χ3v) is 6.32. The highest BCUT2D eigenvalue weighted by atomic mass is 16.5. The van der Waals surface area contributed by atoms with Gasteiger partial charge in [0.05, 0.1) is 37.6 Å². The minimum absolute atomic E-state index is 0.178. The Morgan fingerprint density at radius 2 is 1.90 bits per heavy atom. The lowest BCUT2D eigenvalue weighted by atomic mass is 9.99. The third-order valence-electron chi connectivity index (χ3n) is 6.32. The van der Waals surface area contributed by atoms with E-state index in [1.807, 2.05) is 36.4 Å². The van der Waals surface area contributed by atoms with Crippen LogP contribution in [0.5, 0.6) is 11.5 Å². The fourth-order valence-electron chi connectivity index (χ4n) is 4.63. The summed E-state index contributed by atoms with van der Waals surface area (Å²) < 4.78 is 11.0. The second kappa shape index (κ2) is 8.11. The van der Waals surface area contributed by atoms with Crippen LogP contribution in [0.2, 0.25) is 0 Å². The van der Waals surface area contributed by atoms with Gasteiger partial charge in [-0.1, -0.05) is 19.9 Å². The first kappa shape index (κ1) is 20.4. The van der Waals surface area contributed by atoms with Crippen LogP contribution >= 0.6 is 0 Å². The number of benzene rings is 2. The van der Waals surface area contributed by atoms with Gasteiger partial charge in [-0.05, 0) is 41.8 Å². The van der Waals surface area contributed by atoms with E-state index in [1.165, 1.54) is 4.90 Å². The van der Waals surface area contributed by atoms with Crippen LogP contribution in [0.3, 0.4) is 0 Å². The van der Waals surface area contributed by atoms with Crippen LogP contribution in [0, 0.1) is 0 Å². The largest absolute Gasteiger partial charge is 0.497 e. The van der Waals surface area contributed by atoms with Crippen molar-refractivity contribution in [2.24, 2.45) is 0 Å². The van der Waals surface area contributed by atoms with Gasteiger partial charge in [0.25, 0.3) is 5.78 Å². The number of carbonyl (C=O) groups is 2. The second-order valence-corrected chi connectivity index (χ2v) is 8.36. The number of hydrogen-bond acceptors (Lipinski definition) is 4. The molecule has 0 spiro atoms. The van der Waals surface area contributed by atoms with E-state index in [0.717, 1.165) is 47.7 Å². The zero-order valence-corrected chi connectivity index (χ0v) is 18.0. The van der Waals surface area contributed by atoms with Crippen LogP contribution in [0.1, 0.15) is 60.1 Å². The number of nitrogens with zero attached hydrogens (tertiary/aromatic N) is 1. The number of ketones is 1. The number of amides is 1. The molecule has 2 aliphatic rings. The summed E-state index contributed by atoms with van der Waals surface area (Å²) >= 11 is 0. The number of Topliss-reactive ketones (excluding diaryl/α,β-unsaturated/α-hetero) is 1. The van der Waals surface area contributed by atoms with Crippen molar-refractivity contribution in [3.8, 4) is 11.5 Å². The van der Waals surface area contributed by atoms with E-state index >= 15 is 0 Å². The molecule has 6 nitrogen and oxygen atoms in total. The Labute approximate surface area is 177 Å². The zero-order valence-electron chi connectivity index (χ0n) is 18.0. The van der Waals surface area contributed by atoms with Gasteiger partial charge in [-0.3, -0.25) is 14.5 Å². The molecule has 1 saturated heterocycles. The molecule has 2 aromatic carbocycles. The molecule has 1 fully saturated rings.